The molecule has 1 aliphatic heterocycles. The fourth-order valence-electron chi connectivity index (χ4n) is 3.07. The minimum Gasteiger partial charge on any atom is -0.381 e. The highest BCUT2D eigenvalue weighted by Gasteiger charge is 2.23. The van der Waals surface area contributed by atoms with E-state index in [1.54, 1.807) is 4.90 Å². The molecule has 0 saturated carbocycles. The monoisotopic (exact) mass is 352 g/mol. The minimum absolute atomic E-state index is 0.00689. The van der Waals surface area contributed by atoms with Crippen LogP contribution in [-0.4, -0.2) is 31.6 Å². The maximum absolute atomic E-state index is 12.6. The summed E-state index contributed by atoms with van der Waals surface area (Å²) in [6.45, 7) is 3.73. The first-order valence-corrected chi connectivity index (χ1v) is 9.00. The number of benzene rings is 2. The van der Waals surface area contributed by atoms with Crippen LogP contribution in [-0.2, 0) is 20.7 Å². The highest BCUT2D eigenvalue weighted by Crippen LogP contribution is 2.18. The fraction of sp³-hybridized carbons (Fsp3) is 0.333. The van der Waals surface area contributed by atoms with Crippen LogP contribution in [0.15, 0.2) is 54.6 Å². The van der Waals surface area contributed by atoms with Crippen molar-refractivity contribution in [3.63, 3.8) is 0 Å². The quantitative estimate of drug-likeness (QED) is 0.868. The van der Waals surface area contributed by atoms with Crippen molar-refractivity contribution in [2.45, 2.75) is 19.8 Å². The van der Waals surface area contributed by atoms with E-state index in [0.29, 0.717) is 26.2 Å². The van der Waals surface area contributed by atoms with Crippen molar-refractivity contribution < 1.29 is 14.3 Å². The minimum atomic E-state index is -0.0692. The van der Waals surface area contributed by atoms with Gasteiger partial charge in [-0.3, -0.25) is 9.59 Å². The van der Waals surface area contributed by atoms with Gasteiger partial charge in [-0.25, -0.2) is 0 Å². The maximum Gasteiger partial charge on any atom is 0.231 e. The Hall–Kier alpha value is -2.66. The summed E-state index contributed by atoms with van der Waals surface area (Å²) in [6, 6.07) is 17.1. The number of carbonyl (C=O) groups excluding carboxylic acids is 2. The molecule has 1 heterocycles. The van der Waals surface area contributed by atoms with Gasteiger partial charge in [-0.2, -0.15) is 0 Å². The molecule has 2 aromatic rings. The Kier molecular flexibility index (Phi) is 6.02. The predicted octanol–water partition coefficient (Wildman–Crippen LogP) is 3.26. The van der Waals surface area contributed by atoms with Gasteiger partial charge in [-0.05, 0) is 43.2 Å². The van der Waals surface area contributed by atoms with E-state index < -0.39 is 0 Å². The fourth-order valence-corrected chi connectivity index (χ4v) is 3.07. The molecule has 136 valence electrons. The molecule has 1 unspecified atom stereocenters. The lowest BCUT2D eigenvalue weighted by Gasteiger charge is -2.21. The molecule has 1 fully saturated rings. The second-order valence-electron chi connectivity index (χ2n) is 6.40. The van der Waals surface area contributed by atoms with Gasteiger partial charge < -0.3 is 15.0 Å². The van der Waals surface area contributed by atoms with Crippen molar-refractivity contribution in [2.75, 3.05) is 30.0 Å². The van der Waals surface area contributed by atoms with Crippen molar-refractivity contribution in [3.05, 3.63) is 60.2 Å². The standard InChI is InChI=1S/C21H24N2O3/c1-2-23(19-6-4-3-5-7-19)20(24)14-16-8-10-18(11-9-16)22-21(25)17-12-13-26-15-17/h3-11,17H,2,12-15H2,1H3,(H,22,25). The molecule has 0 bridgehead atoms. The van der Waals surface area contributed by atoms with Gasteiger partial charge in [-0.1, -0.05) is 30.3 Å². The molecule has 1 aliphatic rings. The molecule has 5 heteroatoms. The SMILES string of the molecule is CCN(C(=O)Cc1ccc(NC(=O)C2CCOC2)cc1)c1ccccc1. The third-order valence-electron chi connectivity index (χ3n) is 4.56. The molecule has 0 aliphatic carbocycles. The summed E-state index contributed by atoms with van der Waals surface area (Å²) in [5.74, 6) is -0.0219. The van der Waals surface area contributed by atoms with Crippen LogP contribution in [0.1, 0.15) is 18.9 Å². The number of nitrogens with zero attached hydrogens (tertiary/aromatic N) is 1. The summed E-state index contributed by atoms with van der Waals surface area (Å²) in [7, 11) is 0. The maximum atomic E-state index is 12.6. The van der Waals surface area contributed by atoms with Gasteiger partial charge in [0.2, 0.25) is 11.8 Å². The number of ether oxygens (including phenoxy) is 1. The van der Waals surface area contributed by atoms with Crippen molar-refractivity contribution in [1.29, 1.82) is 0 Å². The highest BCUT2D eigenvalue weighted by atomic mass is 16.5. The van der Waals surface area contributed by atoms with E-state index in [4.69, 9.17) is 4.74 Å². The zero-order valence-electron chi connectivity index (χ0n) is 15.0. The van der Waals surface area contributed by atoms with E-state index in [-0.39, 0.29) is 17.7 Å². The predicted molar refractivity (Wildman–Crippen MR) is 102 cm³/mol. The van der Waals surface area contributed by atoms with E-state index in [9.17, 15) is 9.59 Å². The Bertz CT molecular complexity index is 738. The molecule has 3 rings (SSSR count). The van der Waals surface area contributed by atoms with Crippen molar-refractivity contribution in [1.82, 2.24) is 0 Å². The van der Waals surface area contributed by atoms with Crippen molar-refractivity contribution >= 4 is 23.2 Å². The van der Waals surface area contributed by atoms with E-state index in [1.807, 2.05) is 61.5 Å². The molecule has 0 radical (unpaired) electrons. The second-order valence-corrected chi connectivity index (χ2v) is 6.40. The number of para-hydroxylation sites is 1. The summed E-state index contributed by atoms with van der Waals surface area (Å²) < 4.78 is 5.25. The van der Waals surface area contributed by atoms with Gasteiger partial charge in [0, 0.05) is 24.5 Å². The number of carbonyl (C=O) groups is 2. The van der Waals surface area contributed by atoms with Gasteiger partial charge >= 0.3 is 0 Å². The highest BCUT2D eigenvalue weighted by molar-refractivity contribution is 5.95. The normalized spacial score (nSPS) is 16.3. The Balaban J connectivity index is 1.59. The lowest BCUT2D eigenvalue weighted by atomic mass is 10.1. The Labute approximate surface area is 154 Å². The van der Waals surface area contributed by atoms with E-state index >= 15 is 0 Å². The largest absolute Gasteiger partial charge is 0.381 e. The lowest BCUT2D eigenvalue weighted by molar-refractivity contribution is -0.120. The summed E-state index contributed by atoms with van der Waals surface area (Å²) in [5.41, 5.74) is 2.57. The molecule has 1 atom stereocenters. The molecule has 0 spiro atoms. The average molecular weight is 352 g/mol. The summed E-state index contributed by atoms with van der Waals surface area (Å²) in [4.78, 5) is 26.5. The van der Waals surface area contributed by atoms with Gasteiger partial charge in [0.25, 0.3) is 0 Å². The molecule has 0 aromatic heterocycles. The number of amides is 2. The first-order valence-electron chi connectivity index (χ1n) is 9.00. The van der Waals surface area contributed by atoms with Crippen LogP contribution in [0.4, 0.5) is 11.4 Å². The zero-order valence-corrected chi connectivity index (χ0v) is 15.0. The number of rotatable bonds is 6. The first kappa shape index (κ1) is 18.1. The molecular weight excluding hydrogens is 328 g/mol. The topological polar surface area (TPSA) is 58.6 Å². The van der Waals surface area contributed by atoms with E-state index in [2.05, 4.69) is 5.32 Å². The molecule has 2 aromatic carbocycles. The van der Waals surface area contributed by atoms with Crippen LogP contribution in [0, 0.1) is 5.92 Å². The Morgan fingerprint density at radius 3 is 2.46 bits per heavy atom. The van der Waals surface area contributed by atoms with Gasteiger partial charge in [-0.15, -0.1) is 0 Å². The van der Waals surface area contributed by atoms with Crippen LogP contribution in [0.5, 0.6) is 0 Å². The molecule has 1 saturated heterocycles. The zero-order chi connectivity index (χ0) is 18.4. The number of hydrogen-bond donors (Lipinski definition) is 1. The molecule has 1 N–H and O–H groups in total. The van der Waals surface area contributed by atoms with Crippen LogP contribution in [0.25, 0.3) is 0 Å². The average Bonchev–Trinajstić information content (AvgIpc) is 3.20. The third kappa shape index (κ3) is 4.49. The molecule has 2 amide bonds. The van der Waals surface area contributed by atoms with Crippen LogP contribution in [0.2, 0.25) is 0 Å². The Morgan fingerprint density at radius 1 is 1.12 bits per heavy atom. The molecular formula is C21H24N2O3. The van der Waals surface area contributed by atoms with Crippen LogP contribution < -0.4 is 10.2 Å². The van der Waals surface area contributed by atoms with Crippen molar-refractivity contribution in [2.24, 2.45) is 5.92 Å². The molecule has 26 heavy (non-hydrogen) atoms. The number of likely N-dealkylation sites (N-methyl/N-ethyl adjacent to an activating group) is 1. The van der Waals surface area contributed by atoms with Gasteiger partial charge in [0.1, 0.15) is 0 Å². The molecule has 5 nitrogen and oxygen atoms in total. The summed E-state index contributed by atoms with van der Waals surface area (Å²) in [5, 5.41) is 2.91. The number of anilines is 2. The summed E-state index contributed by atoms with van der Waals surface area (Å²) in [6.07, 6.45) is 1.10. The van der Waals surface area contributed by atoms with Gasteiger partial charge in [0.15, 0.2) is 0 Å². The van der Waals surface area contributed by atoms with Crippen LogP contribution >= 0.6 is 0 Å². The van der Waals surface area contributed by atoms with Gasteiger partial charge in [0.05, 0.1) is 18.9 Å². The smallest absolute Gasteiger partial charge is 0.231 e. The van der Waals surface area contributed by atoms with Crippen LogP contribution in [0.3, 0.4) is 0 Å². The Morgan fingerprint density at radius 2 is 1.85 bits per heavy atom. The van der Waals surface area contributed by atoms with E-state index in [0.717, 1.165) is 23.4 Å². The first-order chi connectivity index (χ1) is 12.7. The van der Waals surface area contributed by atoms with E-state index in [1.165, 1.54) is 0 Å². The third-order valence-corrected chi connectivity index (χ3v) is 4.56. The lowest BCUT2D eigenvalue weighted by Crippen LogP contribution is -2.31. The number of nitrogens with one attached hydrogen (secondary N) is 1. The summed E-state index contributed by atoms with van der Waals surface area (Å²) >= 11 is 0. The van der Waals surface area contributed by atoms with Crippen molar-refractivity contribution in [3.8, 4) is 0 Å². The second kappa shape index (κ2) is 8.63. The number of hydrogen-bond acceptors (Lipinski definition) is 3.